The summed E-state index contributed by atoms with van der Waals surface area (Å²) in [4.78, 5) is 33.6. The van der Waals surface area contributed by atoms with Crippen molar-refractivity contribution >= 4 is 41.2 Å². The summed E-state index contributed by atoms with van der Waals surface area (Å²) in [5, 5.41) is 22.9. The fourth-order valence-corrected chi connectivity index (χ4v) is 3.04. The summed E-state index contributed by atoms with van der Waals surface area (Å²) in [6, 6.07) is 2.20. The average molecular weight is 461 g/mol. The van der Waals surface area contributed by atoms with Crippen molar-refractivity contribution in [2.75, 3.05) is 6.61 Å². The number of ether oxygens (including phenoxy) is 1. The second-order valence-corrected chi connectivity index (χ2v) is 7.82. The number of nitrogens with one attached hydrogen (secondary N) is 1. The number of halogens is 2. The molecule has 10 heteroatoms. The third-order valence-corrected chi connectivity index (χ3v) is 5.02. The molecule has 30 heavy (non-hydrogen) atoms. The molecular formula is C20H26Cl2N2O6. The topological polar surface area (TPSA) is 119 Å². The van der Waals surface area contributed by atoms with E-state index in [-0.39, 0.29) is 47.0 Å². The van der Waals surface area contributed by atoms with Crippen molar-refractivity contribution in [2.24, 2.45) is 5.92 Å². The van der Waals surface area contributed by atoms with Gasteiger partial charge in [-0.05, 0) is 30.9 Å². The summed E-state index contributed by atoms with van der Waals surface area (Å²) in [6.07, 6.45) is 2.38. The quantitative estimate of drug-likeness (QED) is 0.262. The first-order chi connectivity index (χ1) is 14.1. The van der Waals surface area contributed by atoms with Crippen molar-refractivity contribution in [2.45, 2.75) is 52.5 Å². The standard InChI is InChI=1S/C20H26Cl2N2O6/c1-4-14(24(28)29)11-13-7-8-16(19(22)18(13)21)30-9-5-6-17(25)23-15(20(26)27)10-12(2)3/h7-8,11-12,15H,4-6,9-10H2,1-3H3,(H,23,25)(H,26,27)/t15-/m0/s1. The molecule has 0 spiro atoms. The number of nitrogens with zero attached hydrogens (tertiary/aromatic N) is 1. The van der Waals surface area contributed by atoms with Crippen molar-refractivity contribution in [3.63, 3.8) is 0 Å². The van der Waals surface area contributed by atoms with Gasteiger partial charge in [-0.3, -0.25) is 14.9 Å². The molecule has 1 aromatic rings. The van der Waals surface area contributed by atoms with Crippen LogP contribution >= 0.6 is 23.2 Å². The van der Waals surface area contributed by atoms with Crippen molar-refractivity contribution in [3.8, 4) is 5.75 Å². The Bertz CT molecular complexity index is 811. The predicted octanol–water partition coefficient (Wildman–Crippen LogP) is 4.80. The molecule has 0 unspecified atom stereocenters. The molecule has 0 aliphatic heterocycles. The molecule has 1 aromatic carbocycles. The number of nitro groups is 1. The summed E-state index contributed by atoms with van der Waals surface area (Å²) in [7, 11) is 0. The maximum atomic E-state index is 12.0. The number of amides is 1. The first-order valence-electron chi connectivity index (χ1n) is 9.54. The van der Waals surface area contributed by atoms with Gasteiger partial charge in [0.15, 0.2) is 0 Å². The van der Waals surface area contributed by atoms with Gasteiger partial charge in [0.05, 0.1) is 16.6 Å². The zero-order valence-corrected chi connectivity index (χ0v) is 18.6. The van der Waals surface area contributed by atoms with Crippen molar-refractivity contribution in [1.29, 1.82) is 0 Å². The van der Waals surface area contributed by atoms with Crippen LogP contribution in [0.1, 0.15) is 52.0 Å². The summed E-state index contributed by atoms with van der Waals surface area (Å²) >= 11 is 12.4. The lowest BCUT2D eigenvalue weighted by Gasteiger charge is -2.16. The molecule has 0 aliphatic rings. The maximum Gasteiger partial charge on any atom is 0.326 e. The van der Waals surface area contributed by atoms with Gasteiger partial charge in [0.2, 0.25) is 11.6 Å². The fraction of sp³-hybridized carbons (Fsp3) is 0.500. The van der Waals surface area contributed by atoms with Crippen LogP contribution in [-0.4, -0.2) is 34.6 Å². The fourth-order valence-electron chi connectivity index (χ4n) is 2.61. The lowest BCUT2D eigenvalue weighted by atomic mass is 10.0. The Morgan fingerprint density at radius 2 is 1.97 bits per heavy atom. The third kappa shape index (κ3) is 8.20. The summed E-state index contributed by atoms with van der Waals surface area (Å²) in [5.74, 6) is -1.00. The van der Waals surface area contributed by atoms with Crippen LogP contribution in [0.5, 0.6) is 5.75 Å². The molecule has 1 amide bonds. The van der Waals surface area contributed by atoms with Gasteiger partial charge in [-0.2, -0.15) is 0 Å². The number of carbonyl (C=O) groups is 2. The molecule has 0 radical (unpaired) electrons. The van der Waals surface area contributed by atoms with E-state index in [2.05, 4.69) is 5.32 Å². The van der Waals surface area contributed by atoms with Gasteiger partial charge in [-0.25, -0.2) is 4.79 Å². The zero-order valence-electron chi connectivity index (χ0n) is 17.1. The van der Waals surface area contributed by atoms with E-state index >= 15 is 0 Å². The highest BCUT2D eigenvalue weighted by Crippen LogP contribution is 2.36. The molecule has 0 heterocycles. The van der Waals surface area contributed by atoms with Crippen molar-refractivity contribution in [3.05, 3.63) is 43.6 Å². The van der Waals surface area contributed by atoms with Crippen molar-refractivity contribution in [1.82, 2.24) is 5.32 Å². The van der Waals surface area contributed by atoms with Crippen molar-refractivity contribution < 1.29 is 24.4 Å². The molecule has 1 atom stereocenters. The predicted molar refractivity (Wildman–Crippen MR) is 115 cm³/mol. The van der Waals surface area contributed by atoms with E-state index in [1.54, 1.807) is 19.1 Å². The Hall–Kier alpha value is -2.32. The van der Waals surface area contributed by atoms with Crippen LogP contribution in [0.4, 0.5) is 0 Å². The Kier molecular flexibility index (Phi) is 10.6. The van der Waals surface area contributed by atoms with E-state index in [9.17, 15) is 19.7 Å². The molecular weight excluding hydrogens is 435 g/mol. The maximum absolute atomic E-state index is 12.0. The van der Waals surface area contributed by atoms with Crippen LogP contribution in [0.3, 0.4) is 0 Å². The summed E-state index contributed by atoms with van der Waals surface area (Å²) < 4.78 is 5.55. The number of allylic oxidation sites excluding steroid dienone is 1. The number of rotatable bonds is 12. The number of hydrogen-bond acceptors (Lipinski definition) is 5. The third-order valence-electron chi connectivity index (χ3n) is 4.14. The van der Waals surface area contributed by atoms with Gasteiger partial charge < -0.3 is 15.2 Å². The number of carboxylic acid groups (broad SMARTS) is 1. The van der Waals surface area contributed by atoms with Crippen LogP contribution < -0.4 is 10.1 Å². The second kappa shape index (κ2) is 12.4. The van der Waals surface area contributed by atoms with Crippen LogP contribution in [-0.2, 0) is 9.59 Å². The number of benzene rings is 1. The van der Waals surface area contributed by atoms with Gasteiger partial charge in [0.25, 0.3) is 0 Å². The monoisotopic (exact) mass is 460 g/mol. The number of aliphatic carboxylic acids is 1. The normalized spacial score (nSPS) is 12.5. The van der Waals surface area contributed by atoms with Gasteiger partial charge in [0.1, 0.15) is 16.8 Å². The minimum atomic E-state index is -1.06. The Morgan fingerprint density at radius 3 is 2.50 bits per heavy atom. The molecule has 0 bridgehead atoms. The van der Waals surface area contributed by atoms with E-state index in [0.29, 0.717) is 24.2 Å². The van der Waals surface area contributed by atoms with Gasteiger partial charge in [-0.1, -0.05) is 44.0 Å². The highest BCUT2D eigenvalue weighted by Gasteiger charge is 2.21. The summed E-state index contributed by atoms with van der Waals surface area (Å²) in [6.45, 7) is 5.59. The van der Waals surface area contributed by atoms with Gasteiger partial charge in [-0.15, -0.1) is 0 Å². The summed E-state index contributed by atoms with van der Waals surface area (Å²) in [5.41, 5.74) is 0.414. The number of hydrogen-bond donors (Lipinski definition) is 2. The first kappa shape index (κ1) is 25.7. The van der Waals surface area contributed by atoms with Crippen LogP contribution in [0.2, 0.25) is 10.0 Å². The molecule has 166 valence electrons. The minimum Gasteiger partial charge on any atom is -0.492 e. The molecule has 0 fully saturated rings. The average Bonchev–Trinajstić information content (AvgIpc) is 2.66. The number of carboxylic acids is 1. The van der Waals surface area contributed by atoms with E-state index in [4.69, 9.17) is 33.0 Å². The molecule has 8 nitrogen and oxygen atoms in total. The minimum absolute atomic E-state index is 0.00443. The zero-order chi connectivity index (χ0) is 22.8. The Morgan fingerprint density at radius 1 is 1.30 bits per heavy atom. The van der Waals surface area contributed by atoms with Crippen LogP contribution in [0.15, 0.2) is 17.8 Å². The van der Waals surface area contributed by atoms with Crippen LogP contribution in [0, 0.1) is 16.0 Å². The molecule has 0 aliphatic carbocycles. The largest absolute Gasteiger partial charge is 0.492 e. The highest BCUT2D eigenvalue weighted by atomic mass is 35.5. The molecule has 0 saturated heterocycles. The smallest absolute Gasteiger partial charge is 0.326 e. The molecule has 0 saturated carbocycles. The lowest BCUT2D eigenvalue weighted by molar-refractivity contribution is -0.425. The van der Waals surface area contributed by atoms with E-state index in [1.807, 2.05) is 13.8 Å². The SMILES string of the molecule is CCC(=Cc1ccc(OCCCC(=O)N[C@@H](CC(C)C)C(=O)O)c(Cl)c1Cl)[N+](=O)[O-]. The van der Waals surface area contributed by atoms with Gasteiger partial charge >= 0.3 is 5.97 Å². The van der Waals surface area contributed by atoms with E-state index in [0.717, 1.165) is 0 Å². The molecule has 2 N–H and O–H groups in total. The van der Waals surface area contributed by atoms with Crippen LogP contribution in [0.25, 0.3) is 6.08 Å². The Balaban J connectivity index is 2.63. The molecule has 1 rings (SSSR count). The Labute approximate surface area is 185 Å². The van der Waals surface area contributed by atoms with Gasteiger partial charge in [0, 0.05) is 24.5 Å². The lowest BCUT2D eigenvalue weighted by Crippen LogP contribution is -2.41. The van der Waals surface area contributed by atoms with E-state index < -0.39 is 16.9 Å². The second-order valence-electron chi connectivity index (χ2n) is 7.07. The molecule has 0 aromatic heterocycles. The highest BCUT2D eigenvalue weighted by molar-refractivity contribution is 6.43. The van der Waals surface area contributed by atoms with E-state index in [1.165, 1.54) is 6.08 Å². The first-order valence-corrected chi connectivity index (χ1v) is 10.3. The number of carbonyl (C=O) groups excluding carboxylic acids is 1.